The fourth-order valence-corrected chi connectivity index (χ4v) is 7.43. The third-order valence-electron chi connectivity index (χ3n) is 10.1. The highest BCUT2D eigenvalue weighted by molar-refractivity contribution is 5.94. The van der Waals surface area contributed by atoms with Gasteiger partial charge in [0.05, 0.1) is 29.1 Å². The number of aromatic amines is 1. The van der Waals surface area contributed by atoms with Crippen LogP contribution in [0, 0.1) is 5.41 Å². The van der Waals surface area contributed by atoms with Gasteiger partial charge in [-0.15, -0.1) is 0 Å². The Kier molecular flexibility index (Phi) is 7.23. The van der Waals surface area contributed by atoms with E-state index in [0.717, 1.165) is 35.9 Å². The van der Waals surface area contributed by atoms with E-state index in [1.165, 1.54) is 11.1 Å². The van der Waals surface area contributed by atoms with Crippen molar-refractivity contribution in [2.24, 2.45) is 12.5 Å². The number of H-pyrrole nitrogens is 1. The van der Waals surface area contributed by atoms with Crippen LogP contribution in [-0.2, 0) is 33.2 Å². The number of fused-ring (bicyclic) bond motifs is 2. The van der Waals surface area contributed by atoms with Gasteiger partial charge in [-0.1, -0.05) is 30.3 Å². The molecule has 11 nitrogen and oxygen atoms in total. The second-order valence-electron chi connectivity index (χ2n) is 12.8. The van der Waals surface area contributed by atoms with Gasteiger partial charge in [-0.3, -0.25) is 19.1 Å². The Morgan fingerprint density at radius 1 is 1.11 bits per heavy atom. The molecule has 2 aromatic carbocycles. The number of benzene rings is 2. The number of amides is 3. The summed E-state index contributed by atoms with van der Waals surface area (Å²) in [5.74, 6) is 0.0621. The van der Waals surface area contributed by atoms with E-state index in [4.69, 9.17) is 9.72 Å². The van der Waals surface area contributed by atoms with Gasteiger partial charge in [-0.25, -0.2) is 4.98 Å². The van der Waals surface area contributed by atoms with Crippen LogP contribution >= 0.6 is 0 Å². The summed E-state index contributed by atoms with van der Waals surface area (Å²) in [4.78, 5) is 48.3. The van der Waals surface area contributed by atoms with Crippen molar-refractivity contribution < 1.29 is 19.1 Å². The Balaban J connectivity index is 1.26. The van der Waals surface area contributed by atoms with Crippen LogP contribution in [0.2, 0.25) is 0 Å². The van der Waals surface area contributed by atoms with E-state index in [1.807, 2.05) is 25.1 Å². The Morgan fingerprint density at radius 3 is 2.64 bits per heavy atom. The molecule has 11 heteroatoms. The lowest BCUT2D eigenvalue weighted by Crippen LogP contribution is -2.52. The Bertz CT molecular complexity index is 1780. The third-order valence-corrected chi connectivity index (χ3v) is 10.1. The highest BCUT2D eigenvalue weighted by Gasteiger charge is 2.57. The number of hydrogen-bond donors (Lipinski definition) is 4. The normalized spacial score (nSPS) is 22.6. The van der Waals surface area contributed by atoms with Crippen molar-refractivity contribution in [1.29, 1.82) is 0 Å². The molecule has 1 saturated heterocycles. The van der Waals surface area contributed by atoms with Crippen molar-refractivity contribution >= 4 is 28.8 Å². The lowest BCUT2D eigenvalue weighted by atomic mass is 9.78. The molecule has 2 fully saturated rings. The van der Waals surface area contributed by atoms with E-state index >= 15 is 0 Å². The van der Waals surface area contributed by atoms with Crippen LogP contribution in [0.4, 0.5) is 0 Å². The Hall–Kier alpha value is -4.51. The number of imidazole rings is 1. The molecule has 1 spiro atoms. The van der Waals surface area contributed by atoms with Crippen molar-refractivity contribution in [1.82, 2.24) is 35.7 Å². The van der Waals surface area contributed by atoms with E-state index in [-0.39, 0.29) is 35.7 Å². The van der Waals surface area contributed by atoms with Crippen molar-refractivity contribution in [3.8, 4) is 0 Å². The molecule has 234 valence electrons. The summed E-state index contributed by atoms with van der Waals surface area (Å²) < 4.78 is 7.34. The van der Waals surface area contributed by atoms with Gasteiger partial charge < -0.3 is 25.7 Å². The molecule has 4 atom stereocenters. The Morgan fingerprint density at radius 2 is 1.93 bits per heavy atom. The van der Waals surface area contributed by atoms with Crippen LogP contribution in [0.5, 0.6) is 0 Å². The maximum Gasteiger partial charge on any atom is 0.270 e. The van der Waals surface area contributed by atoms with Gasteiger partial charge in [0, 0.05) is 32.3 Å². The highest BCUT2D eigenvalue weighted by Crippen LogP contribution is 2.66. The predicted molar refractivity (Wildman–Crippen MR) is 167 cm³/mol. The standard InChI is InChI=1S/C34H39N7O4/c1-4-35-30(42)20(2)37-32(44)34(14-16-45-19-34)22-9-10-24-25(17-22)39-29(38-24)28(40-31(43)26-11-15-36-41(26)3)27-23-8-6-5-7-21(23)18-33(27)12-13-33/h5-11,15,17,20,27-28H,4,12-14,16,18-19H2,1-3H3,(H,35,42)(H,37,44)(H,38,39)(H,40,43)/t20-,27+,28+,34?/m1/s1. The second-order valence-corrected chi connectivity index (χ2v) is 12.8. The summed E-state index contributed by atoms with van der Waals surface area (Å²) in [5.41, 5.74) is 4.52. The topological polar surface area (TPSA) is 143 Å². The fraction of sp³-hybridized carbons (Fsp3) is 0.441. The van der Waals surface area contributed by atoms with Crippen LogP contribution < -0.4 is 16.0 Å². The number of nitrogens with zero attached hydrogens (tertiary/aromatic N) is 3. The van der Waals surface area contributed by atoms with Gasteiger partial charge >= 0.3 is 0 Å². The quantitative estimate of drug-likeness (QED) is 0.230. The zero-order chi connectivity index (χ0) is 31.3. The monoisotopic (exact) mass is 609 g/mol. The van der Waals surface area contributed by atoms with E-state index in [2.05, 4.69) is 50.3 Å². The summed E-state index contributed by atoms with van der Waals surface area (Å²) in [7, 11) is 1.76. The fourth-order valence-electron chi connectivity index (χ4n) is 7.43. The number of rotatable bonds is 9. The number of carbonyl (C=O) groups is 3. The van der Waals surface area contributed by atoms with Crippen molar-refractivity contribution in [2.45, 2.75) is 62.9 Å². The van der Waals surface area contributed by atoms with Gasteiger partial charge in [0.2, 0.25) is 11.8 Å². The van der Waals surface area contributed by atoms with Gasteiger partial charge in [0.1, 0.15) is 17.6 Å². The van der Waals surface area contributed by atoms with Gasteiger partial charge in [-0.05, 0) is 79.8 Å². The zero-order valence-electron chi connectivity index (χ0n) is 25.9. The van der Waals surface area contributed by atoms with Crippen LogP contribution in [0.3, 0.4) is 0 Å². The molecule has 3 amide bonds. The average Bonchev–Trinajstić information content (AvgIpc) is 3.46. The van der Waals surface area contributed by atoms with Gasteiger partial charge in [0.25, 0.3) is 5.91 Å². The van der Waals surface area contributed by atoms with Crippen molar-refractivity contribution in [3.63, 3.8) is 0 Å². The largest absolute Gasteiger partial charge is 0.380 e. The second kappa shape index (κ2) is 11.1. The maximum atomic E-state index is 13.7. The molecule has 1 aliphatic heterocycles. The zero-order valence-corrected chi connectivity index (χ0v) is 25.9. The molecule has 2 aromatic heterocycles. The number of ether oxygens (including phenoxy) is 1. The smallest absolute Gasteiger partial charge is 0.270 e. The van der Waals surface area contributed by atoms with Gasteiger partial charge in [-0.2, -0.15) is 5.10 Å². The average molecular weight is 610 g/mol. The summed E-state index contributed by atoms with van der Waals surface area (Å²) in [6, 6.07) is 15.0. The number of likely N-dealkylation sites (N-methyl/N-ethyl adjacent to an activating group) is 1. The minimum atomic E-state index is -0.935. The number of hydrogen-bond acceptors (Lipinski definition) is 6. The minimum Gasteiger partial charge on any atom is -0.380 e. The van der Waals surface area contributed by atoms with Crippen LogP contribution in [0.15, 0.2) is 54.7 Å². The number of aryl methyl sites for hydroxylation is 1. The first-order valence-electron chi connectivity index (χ1n) is 15.8. The molecule has 45 heavy (non-hydrogen) atoms. The van der Waals surface area contributed by atoms with E-state index in [0.29, 0.717) is 31.1 Å². The first-order chi connectivity index (χ1) is 21.7. The van der Waals surface area contributed by atoms with Crippen LogP contribution in [0.25, 0.3) is 11.0 Å². The first-order valence-corrected chi connectivity index (χ1v) is 15.8. The molecule has 3 heterocycles. The molecule has 7 rings (SSSR count). The molecule has 2 aliphatic carbocycles. The van der Waals surface area contributed by atoms with Gasteiger partial charge in [0.15, 0.2) is 0 Å². The van der Waals surface area contributed by atoms with Crippen molar-refractivity contribution in [3.05, 3.63) is 82.9 Å². The molecule has 0 radical (unpaired) electrons. The molecule has 4 N–H and O–H groups in total. The molecule has 0 bridgehead atoms. The highest BCUT2D eigenvalue weighted by atomic mass is 16.5. The summed E-state index contributed by atoms with van der Waals surface area (Å²) in [6.07, 6.45) is 5.30. The number of carbonyl (C=O) groups excluding carboxylic acids is 3. The van der Waals surface area contributed by atoms with Crippen molar-refractivity contribution in [2.75, 3.05) is 19.8 Å². The predicted octanol–water partition coefficient (Wildman–Crippen LogP) is 3.19. The summed E-state index contributed by atoms with van der Waals surface area (Å²) in [5, 5.41) is 13.2. The summed E-state index contributed by atoms with van der Waals surface area (Å²) in [6.45, 7) is 4.68. The molecule has 1 unspecified atom stereocenters. The molecular weight excluding hydrogens is 570 g/mol. The maximum absolute atomic E-state index is 13.7. The SMILES string of the molecule is CCNC(=O)[C@@H](C)NC(=O)C1(c2ccc3nc([C@@H](NC(=O)c4ccnn4C)[C@@H]4c5ccccc5CC45CC5)[nH]c3c2)CCOC1. The van der Waals surface area contributed by atoms with Crippen LogP contribution in [0.1, 0.15) is 78.1 Å². The van der Waals surface area contributed by atoms with E-state index < -0.39 is 17.5 Å². The van der Waals surface area contributed by atoms with E-state index in [1.54, 1.807) is 30.9 Å². The van der Waals surface area contributed by atoms with Crippen LogP contribution in [-0.4, -0.2) is 63.3 Å². The minimum absolute atomic E-state index is 0.0574. The number of nitrogens with one attached hydrogen (secondary N) is 4. The third kappa shape index (κ3) is 4.99. The summed E-state index contributed by atoms with van der Waals surface area (Å²) >= 11 is 0. The first kappa shape index (κ1) is 29.2. The molecule has 4 aromatic rings. The Labute approximate surface area is 261 Å². The molecule has 1 saturated carbocycles. The van der Waals surface area contributed by atoms with E-state index in [9.17, 15) is 14.4 Å². The molecular formula is C34H39N7O4. The lowest BCUT2D eigenvalue weighted by Gasteiger charge is -2.29. The molecule has 3 aliphatic rings. The lowest BCUT2D eigenvalue weighted by molar-refractivity contribution is -0.132. The number of aromatic nitrogens is 4.